The molecule has 0 fully saturated rings. The molecule has 132 valence electrons. The fourth-order valence-electron chi connectivity index (χ4n) is 1.84. The number of esters is 2. The maximum Gasteiger partial charge on any atom is 0.338 e. The number of alkyl halides is 2. The van der Waals surface area contributed by atoms with Crippen molar-refractivity contribution in [1.82, 2.24) is 0 Å². The number of rotatable bonds is 7. The molecule has 0 atom stereocenters. The van der Waals surface area contributed by atoms with Gasteiger partial charge >= 0.3 is 11.9 Å². The van der Waals surface area contributed by atoms with Crippen LogP contribution in [-0.2, 0) is 14.3 Å². The Balaban J connectivity index is 2.79. The molecule has 0 bridgehead atoms. The third kappa shape index (κ3) is 6.93. The highest BCUT2D eigenvalue weighted by Crippen LogP contribution is 2.18. The van der Waals surface area contributed by atoms with Crippen LogP contribution in [0.15, 0.2) is 30.3 Å². The standard InChI is InChI=1S/C18H23Cl2NO3/c1-18(2,3)17(23)24-16(22)8-7-14-5-4-6-15(13-14)21(11-9-19)12-10-20/h4-8,13H,9-12H2,1-3H3/b8-7+. The zero-order valence-electron chi connectivity index (χ0n) is 14.2. The van der Waals surface area contributed by atoms with Gasteiger partial charge in [0.05, 0.1) is 5.41 Å². The van der Waals surface area contributed by atoms with Gasteiger partial charge in [-0.05, 0) is 44.5 Å². The minimum atomic E-state index is -0.715. The van der Waals surface area contributed by atoms with Crippen LogP contribution < -0.4 is 4.90 Å². The van der Waals surface area contributed by atoms with E-state index in [1.165, 1.54) is 6.08 Å². The van der Waals surface area contributed by atoms with Crippen LogP contribution in [0.5, 0.6) is 0 Å². The van der Waals surface area contributed by atoms with Crippen molar-refractivity contribution in [3.63, 3.8) is 0 Å². The minimum Gasteiger partial charge on any atom is -0.389 e. The molecular weight excluding hydrogens is 349 g/mol. The van der Waals surface area contributed by atoms with Crippen LogP contribution in [0.3, 0.4) is 0 Å². The summed E-state index contributed by atoms with van der Waals surface area (Å²) in [4.78, 5) is 25.5. The van der Waals surface area contributed by atoms with Crippen molar-refractivity contribution in [1.29, 1.82) is 0 Å². The van der Waals surface area contributed by atoms with E-state index in [1.807, 2.05) is 24.3 Å². The first-order valence-corrected chi connectivity index (χ1v) is 8.76. The van der Waals surface area contributed by atoms with E-state index in [0.717, 1.165) is 11.3 Å². The highest BCUT2D eigenvalue weighted by molar-refractivity contribution is 6.18. The summed E-state index contributed by atoms with van der Waals surface area (Å²) < 4.78 is 4.78. The Bertz CT molecular complexity index is 588. The lowest BCUT2D eigenvalue weighted by Crippen LogP contribution is -2.27. The lowest BCUT2D eigenvalue weighted by atomic mass is 9.97. The number of benzene rings is 1. The van der Waals surface area contributed by atoms with Gasteiger partial charge in [0.15, 0.2) is 0 Å². The van der Waals surface area contributed by atoms with Crippen molar-refractivity contribution in [2.75, 3.05) is 29.7 Å². The van der Waals surface area contributed by atoms with Crippen molar-refractivity contribution in [2.45, 2.75) is 20.8 Å². The Morgan fingerprint density at radius 3 is 2.33 bits per heavy atom. The summed E-state index contributed by atoms with van der Waals surface area (Å²) in [6.45, 7) is 6.45. The lowest BCUT2D eigenvalue weighted by Gasteiger charge is -2.23. The van der Waals surface area contributed by atoms with Crippen molar-refractivity contribution in [3.05, 3.63) is 35.9 Å². The molecule has 0 aliphatic rings. The van der Waals surface area contributed by atoms with Crippen LogP contribution in [0.25, 0.3) is 6.08 Å². The summed E-state index contributed by atoms with van der Waals surface area (Å²) >= 11 is 11.6. The summed E-state index contributed by atoms with van der Waals surface area (Å²) in [7, 11) is 0. The van der Waals surface area contributed by atoms with E-state index in [0.29, 0.717) is 24.8 Å². The normalized spacial score (nSPS) is 11.5. The quantitative estimate of drug-likeness (QED) is 0.313. The molecule has 0 amide bonds. The van der Waals surface area contributed by atoms with Gasteiger partial charge in [-0.25, -0.2) is 4.79 Å². The summed E-state index contributed by atoms with van der Waals surface area (Å²) in [6, 6.07) is 7.63. The fourth-order valence-corrected chi connectivity index (χ4v) is 2.25. The molecular formula is C18H23Cl2NO3. The fraction of sp³-hybridized carbons (Fsp3) is 0.444. The van der Waals surface area contributed by atoms with E-state index >= 15 is 0 Å². The molecule has 0 aliphatic heterocycles. The topological polar surface area (TPSA) is 46.6 Å². The second kappa shape index (κ2) is 9.70. The molecule has 0 radical (unpaired) electrons. The van der Waals surface area contributed by atoms with Gasteiger partial charge < -0.3 is 9.64 Å². The van der Waals surface area contributed by atoms with Crippen molar-refractivity contribution >= 4 is 46.9 Å². The average molecular weight is 372 g/mol. The summed E-state index contributed by atoms with van der Waals surface area (Å²) in [6.07, 6.45) is 2.86. The van der Waals surface area contributed by atoms with Crippen LogP contribution in [0.1, 0.15) is 26.3 Å². The molecule has 0 saturated carbocycles. The third-order valence-corrected chi connectivity index (χ3v) is 3.50. The first-order valence-electron chi connectivity index (χ1n) is 7.69. The minimum absolute atomic E-state index is 0.498. The Labute approximate surface area is 153 Å². The SMILES string of the molecule is CC(C)(C)C(=O)OC(=O)/C=C/c1cccc(N(CCCl)CCCl)c1. The van der Waals surface area contributed by atoms with E-state index in [2.05, 4.69) is 4.90 Å². The number of hydrogen-bond donors (Lipinski definition) is 0. The van der Waals surface area contributed by atoms with Gasteiger partial charge in [-0.15, -0.1) is 23.2 Å². The average Bonchev–Trinajstić information content (AvgIpc) is 2.52. The molecule has 0 unspecified atom stereocenters. The van der Waals surface area contributed by atoms with Gasteiger partial charge in [-0.2, -0.15) is 0 Å². The number of halogens is 2. The maximum atomic E-state index is 11.7. The lowest BCUT2D eigenvalue weighted by molar-refractivity contribution is -0.162. The first kappa shape index (κ1) is 20.5. The molecule has 4 nitrogen and oxygen atoms in total. The molecule has 6 heteroatoms. The molecule has 24 heavy (non-hydrogen) atoms. The number of hydrogen-bond acceptors (Lipinski definition) is 4. The Morgan fingerprint density at radius 2 is 1.79 bits per heavy atom. The number of nitrogens with zero attached hydrogens (tertiary/aromatic N) is 1. The Hall–Kier alpha value is -1.52. The van der Waals surface area contributed by atoms with Gasteiger partial charge in [0, 0.05) is 36.6 Å². The van der Waals surface area contributed by atoms with Gasteiger partial charge in [-0.1, -0.05) is 12.1 Å². The van der Waals surface area contributed by atoms with Crippen molar-refractivity contribution in [3.8, 4) is 0 Å². The van der Waals surface area contributed by atoms with Crippen LogP contribution in [0, 0.1) is 5.41 Å². The molecule has 0 heterocycles. The largest absolute Gasteiger partial charge is 0.389 e. The van der Waals surface area contributed by atoms with E-state index < -0.39 is 17.4 Å². The predicted molar refractivity (Wildman–Crippen MR) is 99.7 cm³/mol. The zero-order valence-corrected chi connectivity index (χ0v) is 15.7. The van der Waals surface area contributed by atoms with Crippen LogP contribution >= 0.6 is 23.2 Å². The molecule has 0 aliphatic carbocycles. The van der Waals surface area contributed by atoms with Crippen LogP contribution in [0.2, 0.25) is 0 Å². The zero-order chi connectivity index (χ0) is 18.2. The molecule has 0 spiro atoms. The predicted octanol–water partition coefficient (Wildman–Crippen LogP) is 4.10. The molecule has 0 N–H and O–H groups in total. The smallest absolute Gasteiger partial charge is 0.338 e. The van der Waals surface area contributed by atoms with E-state index in [1.54, 1.807) is 26.8 Å². The summed E-state index contributed by atoms with van der Waals surface area (Å²) in [5, 5.41) is 0. The highest BCUT2D eigenvalue weighted by Gasteiger charge is 2.24. The van der Waals surface area contributed by atoms with E-state index in [4.69, 9.17) is 27.9 Å². The summed E-state index contributed by atoms with van der Waals surface area (Å²) in [5.41, 5.74) is 1.08. The second-order valence-electron chi connectivity index (χ2n) is 6.25. The van der Waals surface area contributed by atoms with Gasteiger partial charge in [0.1, 0.15) is 0 Å². The molecule has 1 aromatic carbocycles. The van der Waals surface area contributed by atoms with Crippen molar-refractivity contribution in [2.24, 2.45) is 5.41 Å². The molecule has 1 rings (SSSR count). The number of carbonyl (C=O) groups excluding carboxylic acids is 2. The number of ether oxygens (including phenoxy) is 1. The Morgan fingerprint density at radius 1 is 1.17 bits per heavy atom. The second-order valence-corrected chi connectivity index (χ2v) is 7.01. The third-order valence-electron chi connectivity index (χ3n) is 3.16. The number of carbonyl (C=O) groups is 2. The highest BCUT2D eigenvalue weighted by atomic mass is 35.5. The van der Waals surface area contributed by atoms with E-state index in [-0.39, 0.29) is 0 Å². The van der Waals surface area contributed by atoms with Crippen LogP contribution in [-0.4, -0.2) is 36.8 Å². The van der Waals surface area contributed by atoms with Gasteiger partial charge in [-0.3, -0.25) is 4.79 Å². The monoisotopic (exact) mass is 371 g/mol. The molecule has 1 aromatic rings. The van der Waals surface area contributed by atoms with Gasteiger partial charge in [0.25, 0.3) is 0 Å². The number of anilines is 1. The van der Waals surface area contributed by atoms with Gasteiger partial charge in [0.2, 0.25) is 0 Å². The molecule has 0 saturated heterocycles. The summed E-state index contributed by atoms with van der Waals surface area (Å²) in [5.74, 6) is -0.240. The van der Waals surface area contributed by atoms with E-state index in [9.17, 15) is 9.59 Å². The van der Waals surface area contributed by atoms with Crippen molar-refractivity contribution < 1.29 is 14.3 Å². The Kier molecular flexibility index (Phi) is 8.29. The van der Waals surface area contributed by atoms with Crippen LogP contribution in [0.4, 0.5) is 5.69 Å². The first-order chi connectivity index (χ1) is 11.3. The maximum absolute atomic E-state index is 11.7. The molecule has 0 aromatic heterocycles.